The molecule has 0 atom stereocenters. The number of aromatic nitrogens is 1. The molecule has 0 aliphatic carbocycles. The summed E-state index contributed by atoms with van der Waals surface area (Å²) in [6, 6.07) is 7.39. The average molecular weight is 278 g/mol. The van der Waals surface area contributed by atoms with Gasteiger partial charge in [0, 0.05) is 29.7 Å². The summed E-state index contributed by atoms with van der Waals surface area (Å²) >= 11 is 7.67. The normalized spacial score (nSPS) is 10.1. The standard InChI is InChI=1S/C13H12ClN3S/c1-9-8-17-13(18-9)4-5-16-11-3-2-10(7-15)12(14)6-11/h2-3,6,8,16H,4-5H2,1H3. The minimum Gasteiger partial charge on any atom is -0.385 e. The monoisotopic (exact) mass is 277 g/mol. The molecule has 0 radical (unpaired) electrons. The Bertz CT molecular complexity index is 586. The molecule has 0 unspecified atom stereocenters. The molecule has 0 fully saturated rings. The van der Waals surface area contributed by atoms with E-state index in [2.05, 4.69) is 17.2 Å². The van der Waals surface area contributed by atoms with Crippen LogP contribution in [0.25, 0.3) is 0 Å². The van der Waals surface area contributed by atoms with E-state index >= 15 is 0 Å². The molecule has 1 N–H and O–H groups in total. The fraction of sp³-hybridized carbons (Fsp3) is 0.231. The smallest absolute Gasteiger partial charge is 0.101 e. The van der Waals surface area contributed by atoms with Crippen molar-refractivity contribution in [1.82, 2.24) is 4.98 Å². The number of benzene rings is 1. The zero-order valence-corrected chi connectivity index (χ0v) is 11.5. The zero-order chi connectivity index (χ0) is 13.0. The zero-order valence-electron chi connectivity index (χ0n) is 9.90. The maximum Gasteiger partial charge on any atom is 0.101 e. The summed E-state index contributed by atoms with van der Waals surface area (Å²) in [5.41, 5.74) is 1.42. The fourth-order valence-corrected chi connectivity index (χ4v) is 2.56. The van der Waals surface area contributed by atoms with Crippen LogP contribution < -0.4 is 5.32 Å². The Morgan fingerprint density at radius 2 is 2.33 bits per heavy atom. The van der Waals surface area contributed by atoms with Crippen LogP contribution in [-0.4, -0.2) is 11.5 Å². The minimum absolute atomic E-state index is 0.479. The van der Waals surface area contributed by atoms with Crippen LogP contribution in [0.1, 0.15) is 15.4 Å². The molecule has 1 aromatic carbocycles. The predicted octanol–water partition coefficient (Wildman–Crippen LogP) is 3.63. The van der Waals surface area contributed by atoms with Crippen LogP contribution >= 0.6 is 22.9 Å². The number of thiazole rings is 1. The molecule has 1 aromatic heterocycles. The number of rotatable bonds is 4. The van der Waals surface area contributed by atoms with Crippen molar-refractivity contribution in [3.63, 3.8) is 0 Å². The highest BCUT2D eigenvalue weighted by Gasteiger charge is 2.02. The van der Waals surface area contributed by atoms with Crippen LogP contribution in [0.15, 0.2) is 24.4 Å². The van der Waals surface area contributed by atoms with Crippen molar-refractivity contribution in [3.8, 4) is 6.07 Å². The third-order valence-electron chi connectivity index (χ3n) is 2.43. The number of nitrogens with zero attached hydrogens (tertiary/aromatic N) is 2. The molecule has 0 amide bonds. The summed E-state index contributed by atoms with van der Waals surface area (Å²) in [6.07, 6.45) is 2.77. The molecule has 0 bridgehead atoms. The molecule has 3 nitrogen and oxygen atoms in total. The van der Waals surface area contributed by atoms with Crippen LogP contribution in [0.3, 0.4) is 0 Å². The van der Waals surface area contributed by atoms with E-state index in [0.717, 1.165) is 23.7 Å². The van der Waals surface area contributed by atoms with E-state index in [-0.39, 0.29) is 0 Å². The second kappa shape index (κ2) is 5.85. The SMILES string of the molecule is Cc1cnc(CCNc2ccc(C#N)c(Cl)c2)s1. The van der Waals surface area contributed by atoms with E-state index in [1.165, 1.54) is 4.88 Å². The molecule has 1 heterocycles. The largest absolute Gasteiger partial charge is 0.385 e. The first-order chi connectivity index (χ1) is 8.69. The summed E-state index contributed by atoms with van der Waals surface area (Å²) < 4.78 is 0. The maximum atomic E-state index is 8.77. The Balaban J connectivity index is 1.91. The number of nitriles is 1. The fourth-order valence-electron chi connectivity index (χ4n) is 1.55. The van der Waals surface area contributed by atoms with E-state index in [4.69, 9.17) is 16.9 Å². The average Bonchev–Trinajstić information content (AvgIpc) is 2.75. The second-order valence-electron chi connectivity index (χ2n) is 3.85. The van der Waals surface area contributed by atoms with E-state index in [0.29, 0.717) is 10.6 Å². The third kappa shape index (κ3) is 3.22. The molecule has 0 spiro atoms. The number of halogens is 1. The van der Waals surface area contributed by atoms with E-state index in [1.807, 2.05) is 18.3 Å². The Morgan fingerprint density at radius 3 is 2.94 bits per heavy atom. The van der Waals surface area contributed by atoms with Gasteiger partial charge in [-0.05, 0) is 25.1 Å². The molecule has 0 aliphatic rings. The van der Waals surface area contributed by atoms with Gasteiger partial charge in [0.2, 0.25) is 0 Å². The molecular weight excluding hydrogens is 266 g/mol. The highest BCUT2D eigenvalue weighted by atomic mass is 35.5. The lowest BCUT2D eigenvalue weighted by atomic mass is 10.2. The molecule has 2 aromatic rings. The lowest BCUT2D eigenvalue weighted by Gasteiger charge is -2.06. The van der Waals surface area contributed by atoms with Gasteiger partial charge in [-0.15, -0.1) is 11.3 Å². The quantitative estimate of drug-likeness (QED) is 0.928. The van der Waals surface area contributed by atoms with Crippen molar-refractivity contribution in [2.45, 2.75) is 13.3 Å². The van der Waals surface area contributed by atoms with Crippen molar-refractivity contribution in [2.75, 3.05) is 11.9 Å². The Hall–Kier alpha value is -1.57. The Labute approximate surface area is 115 Å². The van der Waals surface area contributed by atoms with Gasteiger partial charge in [-0.1, -0.05) is 11.6 Å². The highest BCUT2D eigenvalue weighted by Crippen LogP contribution is 2.20. The van der Waals surface area contributed by atoms with Gasteiger partial charge >= 0.3 is 0 Å². The van der Waals surface area contributed by atoms with Gasteiger partial charge in [0.15, 0.2) is 0 Å². The molecule has 92 valence electrons. The van der Waals surface area contributed by atoms with Crippen molar-refractivity contribution in [1.29, 1.82) is 5.26 Å². The van der Waals surface area contributed by atoms with Crippen LogP contribution in [-0.2, 0) is 6.42 Å². The number of nitrogens with one attached hydrogen (secondary N) is 1. The molecule has 0 aliphatic heterocycles. The van der Waals surface area contributed by atoms with Crippen LogP contribution in [0, 0.1) is 18.3 Å². The second-order valence-corrected chi connectivity index (χ2v) is 5.57. The van der Waals surface area contributed by atoms with Crippen molar-refractivity contribution in [2.24, 2.45) is 0 Å². The first kappa shape index (κ1) is 12.9. The third-order valence-corrected chi connectivity index (χ3v) is 3.71. The molecule has 5 heteroatoms. The van der Waals surface area contributed by atoms with Crippen molar-refractivity contribution in [3.05, 3.63) is 44.9 Å². The van der Waals surface area contributed by atoms with Gasteiger partial charge < -0.3 is 5.32 Å². The molecular formula is C13H12ClN3S. The van der Waals surface area contributed by atoms with E-state index < -0.39 is 0 Å². The summed E-state index contributed by atoms with van der Waals surface area (Å²) in [7, 11) is 0. The van der Waals surface area contributed by atoms with Crippen LogP contribution in [0.4, 0.5) is 5.69 Å². The van der Waals surface area contributed by atoms with E-state index in [1.54, 1.807) is 23.5 Å². The molecule has 0 saturated heterocycles. The first-order valence-corrected chi connectivity index (χ1v) is 6.73. The topological polar surface area (TPSA) is 48.7 Å². The van der Waals surface area contributed by atoms with Gasteiger partial charge in [0.05, 0.1) is 15.6 Å². The van der Waals surface area contributed by atoms with Gasteiger partial charge in [0.25, 0.3) is 0 Å². The number of hydrogen-bond donors (Lipinski definition) is 1. The summed E-state index contributed by atoms with van der Waals surface area (Å²) in [6.45, 7) is 2.85. The minimum atomic E-state index is 0.479. The molecule has 0 saturated carbocycles. The maximum absolute atomic E-state index is 8.77. The lowest BCUT2D eigenvalue weighted by Crippen LogP contribution is -2.04. The summed E-state index contributed by atoms with van der Waals surface area (Å²) in [5.74, 6) is 0. The number of anilines is 1. The summed E-state index contributed by atoms with van der Waals surface area (Å²) in [5, 5.41) is 13.6. The van der Waals surface area contributed by atoms with Crippen LogP contribution in [0.5, 0.6) is 0 Å². The highest BCUT2D eigenvalue weighted by molar-refractivity contribution is 7.11. The molecule has 18 heavy (non-hydrogen) atoms. The first-order valence-electron chi connectivity index (χ1n) is 5.54. The summed E-state index contributed by atoms with van der Waals surface area (Å²) in [4.78, 5) is 5.53. The van der Waals surface area contributed by atoms with E-state index in [9.17, 15) is 0 Å². The van der Waals surface area contributed by atoms with Crippen LogP contribution in [0.2, 0.25) is 5.02 Å². The lowest BCUT2D eigenvalue weighted by molar-refractivity contribution is 0.998. The number of hydrogen-bond acceptors (Lipinski definition) is 4. The Morgan fingerprint density at radius 1 is 1.50 bits per heavy atom. The Kier molecular flexibility index (Phi) is 4.19. The van der Waals surface area contributed by atoms with Crippen molar-refractivity contribution < 1.29 is 0 Å². The van der Waals surface area contributed by atoms with Gasteiger partial charge in [0.1, 0.15) is 6.07 Å². The van der Waals surface area contributed by atoms with Crippen molar-refractivity contribution >= 4 is 28.6 Å². The predicted molar refractivity (Wildman–Crippen MR) is 75.2 cm³/mol. The molecule has 2 rings (SSSR count). The van der Waals surface area contributed by atoms with Gasteiger partial charge in [-0.3, -0.25) is 0 Å². The van der Waals surface area contributed by atoms with Gasteiger partial charge in [-0.25, -0.2) is 4.98 Å². The van der Waals surface area contributed by atoms with Gasteiger partial charge in [-0.2, -0.15) is 5.26 Å². The number of aryl methyl sites for hydroxylation is 1.